The number of carbonyl (C=O) groups is 3. The van der Waals surface area contributed by atoms with E-state index in [0.717, 1.165) is 0 Å². The molecule has 2 aromatic rings. The van der Waals surface area contributed by atoms with Crippen molar-refractivity contribution in [2.45, 2.75) is 51.0 Å². The predicted octanol–water partition coefficient (Wildman–Crippen LogP) is 3.59. The van der Waals surface area contributed by atoms with Crippen LogP contribution in [0.2, 0.25) is 0 Å². The van der Waals surface area contributed by atoms with Crippen molar-refractivity contribution in [3.63, 3.8) is 0 Å². The second kappa shape index (κ2) is 12.3. The van der Waals surface area contributed by atoms with E-state index in [0.29, 0.717) is 42.4 Å². The number of hydrogen-bond acceptors (Lipinski definition) is 7. The lowest BCUT2D eigenvalue weighted by molar-refractivity contribution is -0.144. The molecule has 45 heavy (non-hydrogen) atoms. The first-order valence-corrected chi connectivity index (χ1v) is 15.7. The average Bonchev–Trinajstić information content (AvgIpc) is 3.36. The third-order valence-corrected chi connectivity index (χ3v) is 9.29. The molecule has 1 N–H and O–H groups in total. The van der Waals surface area contributed by atoms with Gasteiger partial charge in [-0.15, -0.1) is 0 Å². The molecule has 2 saturated heterocycles. The molecule has 1 unspecified atom stereocenters. The van der Waals surface area contributed by atoms with Crippen LogP contribution in [0, 0.1) is 17.8 Å². The van der Waals surface area contributed by atoms with Crippen LogP contribution in [0.3, 0.4) is 0 Å². The second-order valence-corrected chi connectivity index (χ2v) is 12.4. The number of rotatable bonds is 9. The lowest BCUT2D eigenvalue weighted by Crippen LogP contribution is -2.58. The summed E-state index contributed by atoms with van der Waals surface area (Å²) in [5.41, 5.74) is -0.0656. The van der Waals surface area contributed by atoms with E-state index in [4.69, 9.17) is 14.2 Å². The number of amides is 3. The summed E-state index contributed by atoms with van der Waals surface area (Å²) in [7, 11) is 1.58. The van der Waals surface area contributed by atoms with E-state index in [1.165, 1.54) is 4.90 Å². The zero-order valence-corrected chi connectivity index (χ0v) is 26.2. The van der Waals surface area contributed by atoms with Gasteiger partial charge < -0.3 is 34.0 Å². The molecular formula is C35H41N3O7. The Kier molecular flexibility index (Phi) is 8.45. The van der Waals surface area contributed by atoms with E-state index in [1.807, 2.05) is 69.3 Å². The van der Waals surface area contributed by atoms with E-state index < -0.39 is 35.6 Å². The molecule has 6 rings (SSSR count). The molecular weight excluding hydrogens is 574 g/mol. The highest BCUT2D eigenvalue weighted by molar-refractivity contribution is 6.07. The molecule has 3 amide bonds. The van der Waals surface area contributed by atoms with Crippen molar-refractivity contribution < 1.29 is 33.7 Å². The van der Waals surface area contributed by atoms with Gasteiger partial charge in [0.25, 0.3) is 5.91 Å². The first-order valence-electron chi connectivity index (χ1n) is 15.7. The van der Waals surface area contributed by atoms with Crippen molar-refractivity contribution in [1.29, 1.82) is 0 Å². The van der Waals surface area contributed by atoms with Crippen LogP contribution in [0.5, 0.6) is 11.5 Å². The molecule has 0 aliphatic carbocycles. The van der Waals surface area contributed by atoms with Gasteiger partial charge >= 0.3 is 0 Å². The van der Waals surface area contributed by atoms with Gasteiger partial charge in [-0.2, -0.15) is 0 Å². The molecule has 2 fully saturated rings. The molecule has 0 radical (unpaired) electrons. The van der Waals surface area contributed by atoms with Crippen LogP contribution in [-0.2, 0) is 19.1 Å². The molecule has 10 nitrogen and oxygen atoms in total. The van der Waals surface area contributed by atoms with Crippen molar-refractivity contribution in [2.24, 2.45) is 17.8 Å². The zero-order valence-electron chi connectivity index (χ0n) is 26.2. The number of methoxy groups -OCH3 is 1. The lowest BCUT2D eigenvalue weighted by Gasteiger charge is -2.39. The van der Waals surface area contributed by atoms with Crippen molar-refractivity contribution in [3.8, 4) is 11.5 Å². The Morgan fingerprint density at radius 2 is 1.53 bits per heavy atom. The zero-order chi connectivity index (χ0) is 31.9. The highest BCUT2D eigenvalue weighted by Gasteiger charge is 2.72. The van der Waals surface area contributed by atoms with Gasteiger partial charge in [-0.1, -0.05) is 38.2 Å². The highest BCUT2D eigenvalue weighted by atomic mass is 16.5. The Morgan fingerprint density at radius 3 is 2.13 bits per heavy atom. The number of aliphatic hydroxyl groups is 1. The fourth-order valence-electron chi connectivity index (χ4n) is 7.40. The number of likely N-dealkylation sites (tertiary alicyclic amines) is 1. The van der Waals surface area contributed by atoms with Gasteiger partial charge in [-0.3, -0.25) is 14.4 Å². The number of fused-ring (bicyclic) bond motifs is 2. The topological polar surface area (TPSA) is 109 Å². The van der Waals surface area contributed by atoms with Crippen LogP contribution < -0.4 is 19.3 Å². The summed E-state index contributed by atoms with van der Waals surface area (Å²) in [5.74, 6) is -1.23. The SMILES string of the molecule is CCOc1ccc(N2CC=C[C@@H]3O[C@]45C=CCN(c6ccc(OC)cc6)C(=O)C4N([C@@H](CO)CC(C)C)C(=O)[C@@H]5[C@@H]3C2=O)cc1. The van der Waals surface area contributed by atoms with Crippen molar-refractivity contribution >= 4 is 29.1 Å². The lowest BCUT2D eigenvalue weighted by atomic mass is 9.77. The van der Waals surface area contributed by atoms with Crippen LogP contribution in [-0.4, -0.2) is 84.9 Å². The number of nitrogens with zero attached hydrogens (tertiary/aromatic N) is 3. The normalized spacial score (nSPS) is 28.1. The van der Waals surface area contributed by atoms with Crippen molar-refractivity contribution in [3.05, 3.63) is 72.8 Å². The van der Waals surface area contributed by atoms with Gasteiger partial charge in [0.15, 0.2) is 0 Å². The van der Waals surface area contributed by atoms with Crippen molar-refractivity contribution in [1.82, 2.24) is 4.90 Å². The standard InChI is InChI=1S/C35H41N3O7/c1-5-44-27-15-11-23(12-16-27)36-18-6-8-28-29(32(36)40)30-33(41)38(25(21-39)20-22(2)3)31-34(42)37(19-7-17-35(30,31)45-28)24-9-13-26(43-4)14-10-24/h6-17,22,25,28-31,39H,5,18-21H2,1-4H3/t25-,28+,29-,30+,31?,35+/m1/s1. The number of ether oxygens (including phenoxy) is 3. The minimum absolute atomic E-state index is 0.145. The summed E-state index contributed by atoms with van der Waals surface area (Å²) >= 11 is 0. The second-order valence-electron chi connectivity index (χ2n) is 12.4. The molecule has 10 heteroatoms. The smallest absolute Gasteiger partial charge is 0.253 e. The summed E-state index contributed by atoms with van der Waals surface area (Å²) in [4.78, 5) is 48.6. The summed E-state index contributed by atoms with van der Waals surface area (Å²) in [6.07, 6.45) is 7.19. The largest absolute Gasteiger partial charge is 0.497 e. The minimum atomic E-state index is -1.39. The molecule has 4 heterocycles. The average molecular weight is 616 g/mol. The third kappa shape index (κ3) is 5.19. The van der Waals surface area contributed by atoms with E-state index in [-0.39, 0.29) is 36.8 Å². The Morgan fingerprint density at radius 1 is 0.911 bits per heavy atom. The predicted molar refractivity (Wildman–Crippen MR) is 169 cm³/mol. The summed E-state index contributed by atoms with van der Waals surface area (Å²) in [6.45, 7) is 6.72. The number of benzene rings is 2. The first kappa shape index (κ1) is 30.9. The Bertz CT molecular complexity index is 1490. The summed E-state index contributed by atoms with van der Waals surface area (Å²) < 4.78 is 17.7. The van der Waals surface area contributed by atoms with Gasteiger partial charge in [-0.25, -0.2) is 0 Å². The fraction of sp³-hybridized carbons (Fsp3) is 0.457. The number of carbonyl (C=O) groups excluding carboxylic acids is 3. The minimum Gasteiger partial charge on any atom is -0.497 e. The van der Waals surface area contributed by atoms with Gasteiger partial charge in [0.05, 0.1) is 44.3 Å². The maximum Gasteiger partial charge on any atom is 0.253 e. The molecule has 4 aliphatic rings. The maximum atomic E-state index is 14.7. The number of anilines is 2. The molecule has 238 valence electrons. The molecule has 0 saturated carbocycles. The van der Waals surface area contributed by atoms with E-state index in [9.17, 15) is 19.5 Å². The van der Waals surface area contributed by atoms with Crippen LogP contribution in [0.25, 0.3) is 0 Å². The molecule has 0 bridgehead atoms. The van der Waals surface area contributed by atoms with Crippen LogP contribution >= 0.6 is 0 Å². The van der Waals surface area contributed by atoms with E-state index in [1.54, 1.807) is 41.2 Å². The Labute approximate surface area is 263 Å². The van der Waals surface area contributed by atoms with E-state index >= 15 is 0 Å². The monoisotopic (exact) mass is 615 g/mol. The van der Waals surface area contributed by atoms with Gasteiger partial charge in [0.2, 0.25) is 11.8 Å². The Hall–Kier alpha value is -4.15. The fourth-order valence-corrected chi connectivity index (χ4v) is 7.40. The quantitative estimate of drug-likeness (QED) is 0.430. The first-order chi connectivity index (χ1) is 21.7. The van der Waals surface area contributed by atoms with Crippen molar-refractivity contribution in [2.75, 3.05) is 43.2 Å². The molecule has 0 aromatic heterocycles. The maximum absolute atomic E-state index is 14.7. The van der Waals surface area contributed by atoms with Crippen LogP contribution in [0.1, 0.15) is 27.2 Å². The number of aliphatic hydroxyl groups excluding tert-OH is 1. The molecule has 6 atom stereocenters. The van der Waals surface area contributed by atoms with Crippen LogP contribution in [0.15, 0.2) is 72.8 Å². The van der Waals surface area contributed by atoms with Crippen LogP contribution in [0.4, 0.5) is 11.4 Å². The Balaban J connectivity index is 1.42. The third-order valence-electron chi connectivity index (χ3n) is 9.29. The van der Waals surface area contributed by atoms with Gasteiger partial charge in [0, 0.05) is 24.5 Å². The highest BCUT2D eigenvalue weighted by Crippen LogP contribution is 2.54. The van der Waals surface area contributed by atoms with Gasteiger partial charge in [-0.05, 0) is 67.8 Å². The molecule has 4 aliphatic heterocycles. The molecule has 2 aromatic carbocycles. The van der Waals surface area contributed by atoms with Gasteiger partial charge in [0.1, 0.15) is 23.1 Å². The summed E-state index contributed by atoms with van der Waals surface area (Å²) in [6, 6.07) is 12.8. The van der Waals surface area contributed by atoms with E-state index in [2.05, 4.69) is 0 Å². The summed E-state index contributed by atoms with van der Waals surface area (Å²) in [5, 5.41) is 10.6. The number of hydrogen-bond donors (Lipinski definition) is 1. The molecule has 1 spiro atoms.